The van der Waals surface area contributed by atoms with Gasteiger partial charge in [-0.3, -0.25) is 0 Å². The summed E-state index contributed by atoms with van der Waals surface area (Å²) in [4.78, 5) is 0. The second-order valence-electron chi connectivity index (χ2n) is 11.5. The van der Waals surface area contributed by atoms with Gasteiger partial charge in [-0.2, -0.15) is 10.5 Å². The molecule has 0 atom stereocenters. The lowest BCUT2D eigenvalue weighted by Crippen LogP contribution is -2.43. The van der Waals surface area contributed by atoms with Crippen molar-refractivity contribution in [2.75, 3.05) is 0 Å². The third-order valence-corrected chi connectivity index (χ3v) is 10.4. The highest BCUT2D eigenvalue weighted by Gasteiger charge is 2.62. The van der Waals surface area contributed by atoms with E-state index < -0.39 is 0 Å². The quantitative estimate of drug-likeness (QED) is 0.224. The van der Waals surface area contributed by atoms with E-state index in [1.54, 1.807) is 11.1 Å². The Bertz CT molecular complexity index is 2070. The number of hydrogen-bond acceptors (Lipinski definition) is 2. The van der Waals surface area contributed by atoms with E-state index in [2.05, 4.69) is 59.0 Å². The molecule has 0 N–H and O–H groups in total. The molecular weight excluding hydrogens is 450 g/mol. The highest BCUT2D eigenvalue weighted by molar-refractivity contribution is 6.26. The summed E-state index contributed by atoms with van der Waals surface area (Å²) < 4.78 is 2.35. The molecule has 0 bridgehead atoms. The van der Waals surface area contributed by atoms with Crippen molar-refractivity contribution in [3.05, 3.63) is 89.0 Å². The Morgan fingerprint density at radius 1 is 0.649 bits per heavy atom. The number of nitriles is 2. The van der Waals surface area contributed by atoms with E-state index in [0.29, 0.717) is 11.1 Å². The molecule has 3 aliphatic rings. The van der Waals surface area contributed by atoms with Gasteiger partial charge in [0.1, 0.15) is 0 Å². The monoisotopic (exact) mass is 473 g/mol. The number of nitrogens with zero attached hydrogens (tertiary/aromatic N) is 3. The molecule has 174 valence electrons. The van der Waals surface area contributed by atoms with Crippen LogP contribution in [0, 0.1) is 22.7 Å². The van der Waals surface area contributed by atoms with Crippen LogP contribution in [-0.2, 0) is 10.8 Å². The summed E-state index contributed by atoms with van der Waals surface area (Å²) in [6, 6.07) is 28.7. The summed E-state index contributed by atoms with van der Waals surface area (Å²) >= 11 is 0. The largest absolute Gasteiger partial charge is 0.308 e. The standard InChI is InChI=1S/C34H23N3/c35-18-20-7-9-23-26-17-25-22-5-1-2-6-27(22)33-11-3-13-34(33,14-4-12-33)31(25)30-24-10-8-21(19-36)16-29(24)37(32(26)30)28(23)15-20/h1-2,5-10,15-17H,3-4,11-14H2. The summed E-state index contributed by atoms with van der Waals surface area (Å²) in [5, 5.41) is 24.5. The summed E-state index contributed by atoms with van der Waals surface area (Å²) in [7, 11) is 0. The molecule has 0 unspecified atom stereocenters. The van der Waals surface area contributed by atoms with Crippen molar-refractivity contribution >= 4 is 38.1 Å². The first-order valence-electron chi connectivity index (χ1n) is 13.4. The fourth-order valence-corrected chi connectivity index (χ4v) is 9.21. The fourth-order valence-electron chi connectivity index (χ4n) is 9.21. The maximum Gasteiger partial charge on any atom is 0.0992 e. The van der Waals surface area contributed by atoms with Crippen molar-refractivity contribution in [3.63, 3.8) is 0 Å². The Hall–Kier alpha value is -4.34. The Balaban J connectivity index is 1.60. The van der Waals surface area contributed by atoms with Crippen LogP contribution in [0.15, 0.2) is 66.7 Å². The predicted octanol–water partition coefficient (Wildman–Crippen LogP) is 8.10. The van der Waals surface area contributed by atoms with Crippen molar-refractivity contribution in [2.24, 2.45) is 0 Å². The lowest BCUT2D eigenvalue weighted by Gasteiger charge is -2.48. The second-order valence-corrected chi connectivity index (χ2v) is 11.5. The van der Waals surface area contributed by atoms with E-state index in [9.17, 15) is 10.5 Å². The maximum atomic E-state index is 9.77. The number of hydrogen-bond donors (Lipinski definition) is 0. The molecule has 9 rings (SSSR count). The van der Waals surface area contributed by atoms with Gasteiger partial charge in [0.25, 0.3) is 0 Å². The smallest absolute Gasteiger partial charge is 0.0992 e. The molecule has 0 aliphatic heterocycles. The minimum absolute atomic E-state index is 0.162. The van der Waals surface area contributed by atoms with Gasteiger partial charge in [0.15, 0.2) is 0 Å². The minimum Gasteiger partial charge on any atom is -0.308 e. The van der Waals surface area contributed by atoms with E-state index in [0.717, 1.165) is 11.0 Å². The van der Waals surface area contributed by atoms with Crippen LogP contribution in [0.3, 0.4) is 0 Å². The average molecular weight is 474 g/mol. The third-order valence-electron chi connectivity index (χ3n) is 10.4. The maximum absolute atomic E-state index is 9.77. The van der Waals surface area contributed by atoms with Gasteiger partial charge in [0.05, 0.1) is 39.8 Å². The first-order valence-corrected chi connectivity index (χ1v) is 13.4. The van der Waals surface area contributed by atoms with E-state index >= 15 is 0 Å². The number of rotatable bonds is 0. The first-order chi connectivity index (χ1) is 18.2. The summed E-state index contributed by atoms with van der Waals surface area (Å²) in [6.45, 7) is 0. The fraction of sp³-hybridized carbons (Fsp3) is 0.235. The van der Waals surface area contributed by atoms with Gasteiger partial charge in [0, 0.05) is 32.4 Å². The van der Waals surface area contributed by atoms with Gasteiger partial charge < -0.3 is 4.40 Å². The Morgan fingerprint density at radius 3 is 2.03 bits per heavy atom. The molecule has 0 spiro atoms. The van der Waals surface area contributed by atoms with Crippen molar-refractivity contribution in [2.45, 2.75) is 49.4 Å². The Morgan fingerprint density at radius 2 is 1.30 bits per heavy atom. The highest BCUT2D eigenvalue weighted by atomic mass is 14.9. The zero-order valence-electron chi connectivity index (χ0n) is 20.4. The molecule has 3 nitrogen and oxygen atoms in total. The molecule has 3 aliphatic carbocycles. The molecule has 4 aromatic carbocycles. The molecule has 2 aromatic heterocycles. The topological polar surface area (TPSA) is 52.0 Å². The zero-order chi connectivity index (χ0) is 24.5. The van der Waals surface area contributed by atoms with Gasteiger partial charge in [-0.1, -0.05) is 49.2 Å². The molecule has 0 amide bonds. The first kappa shape index (κ1) is 19.8. The van der Waals surface area contributed by atoms with Gasteiger partial charge in [-0.25, -0.2) is 0 Å². The Labute approximate surface area is 214 Å². The molecule has 0 saturated heterocycles. The van der Waals surface area contributed by atoms with Crippen LogP contribution in [0.1, 0.15) is 60.8 Å². The van der Waals surface area contributed by atoms with E-state index in [-0.39, 0.29) is 10.8 Å². The van der Waals surface area contributed by atoms with E-state index in [1.165, 1.54) is 76.7 Å². The van der Waals surface area contributed by atoms with Crippen LogP contribution in [0.4, 0.5) is 0 Å². The zero-order valence-corrected chi connectivity index (χ0v) is 20.4. The Kier molecular flexibility index (Phi) is 3.38. The number of aromatic nitrogens is 1. The van der Waals surface area contributed by atoms with Gasteiger partial charge in [0.2, 0.25) is 0 Å². The van der Waals surface area contributed by atoms with Crippen LogP contribution in [0.5, 0.6) is 0 Å². The number of benzene rings is 4. The van der Waals surface area contributed by atoms with Crippen molar-refractivity contribution < 1.29 is 0 Å². The van der Waals surface area contributed by atoms with Crippen LogP contribution in [-0.4, -0.2) is 4.40 Å². The molecule has 37 heavy (non-hydrogen) atoms. The summed E-state index contributed by atoms with van der Waals surface area (Å²) in [5.41, 5.74) is 11.1. The average Bonchev–Trinajstić information content (AvgIpc) is 3.67. The number of fused-ring (bicyclic) bond motifs is 10. The van der Waals surface area contributed by atoms with E-state index in [1.807, 2.05) is 24.3 Å². The molecular formula is C34H23N3. The van der Waals surface area contributed by atoms with Crippen LogP contribution in [0.25, 0.3) is 49.2 Å². The lowest BCUT2D eigenvalue weighted by molar-refractivity contribution is 0.301. The molecule has 2 fully saturated rings. The lowest BCUT2D eigenvalue weighted by atomic mass is 9.54. The van der Waals surface area contributed by atoms with Gasteiger partial charge in [-0.05, 0) is 78.3 Å². The summed E-state index contributed by atoms with van der Waals surface area (Å²) in [5.74, 6) is 0. The highest BCUT2D eigenvalue weighted by Crippen LogP contribution is 2.70. The second kappa shape index (κ2) is 6.31. The summed E-state index contributed by atoms with van der Waals surface area (Å²) in [6.07, 6.45) is 7.60. The van der Waals surface area contributed by atoms with Gasteiger partial charge >= 0.3 is 0 Å². The van der Waals surface area contributed by atoms with Crippen molar-refractivity contribution in [1.82, 2.24) is 4.40 Å². The van der Waals surface area contributed by atoms with Crippen LogP contribution >= 0.6 is 0 Å². The molecule has 3 heteroatoms. The predicted molar refractivity (Wildman–Crippen MR) is 147 cm³/mol. The van der Waals surface area contributed by atoms with Crippen LogP contribution < -0.4 is 0 Å². The van der Waals surface area contributed by atoms with Crippen molar-refractivity contribution in [1.29, 1.82) is 10.5 Å². The normalized spacial score (nSPS) is 23.7. The molecule has 6 aromatic rings. The molecule has 2 heterocycles. The van der Waals surface area contributed by atoms with E-state index in [4.69, 9.17) is 0 Å². The van der Waals surface area contributed by atoms with Crippen LogP contribution in [0.2, 0.25) is 0 Å². The molecule has 2 saturated carbocycles. The SMILES string of the molecule is N#Cc1ccc2c3cc4c(c5c6ccc(C#N)cc6n(c2c1)c35)C12CCCC1(CCC2)c1ccccc1-4. The minimum atomic E-state index is 0.162. The van der Waals surface area contributed by atoms with Crippen molar-refractivity contribution in [3.8, 4) is 23.3 Å². The third kappa shape index (κ3) is 2.01. The van der Waals surface area contributed by atoms with Gasteiger partial charge in [-0.15, -0.1) is 0 Å². The molecule has 0 radical (unpaired) electrons.